The minimum atomic E-state index is 0.309. The molecule has 3 rings (SSSR count). The third-order valence-corrected chi connectivity index (χ3v) is 3.85. The fraction of sp³-hybridized carbons (Fsp3) is 0.538. The van der Waals surface area contributed by atoms with Gasteiger partial charge in [0.1, 0.15) is 0 Å². The Balaban J connectivity index is 2.02. The van der Waals surface area contributed by atoms with Gasteiger partial charge >= 0.3 is 0 Å². The standard InChI is InChI=1S/C13H17NO/c15-9-7-11-10-4-1-2-5-12(10)14-8-3-6-13(11)14/h1-2,4-5,11,13,15H,3,6-9H2/t11-,13-/m1/s1. The maximum atomic E-state index is 9.15. The zero-order valence-corrected chi connectivity index (χ0v) is 8.89. The van der Waals surface area contributed by atoms with E-state index < -0.39 is 0 Å². The second kappa shape index (κ2) is 3.53. The lowest BCUT2D eigenvalue weighted by atomic mass is 9.91. The lowest BCUT2D eigenvalue weighted by Gasteiger charge is -2.21. The number of fused-ring (bicyclic) bond motifs is 3. The molecule has 1 N–H and O–H groups in total. The van der Waals surface area contributed by atoms with Crippen LogP contribution in [0, 0.1) is 0 Å². The number of benzene rings is 1. The summed E-state index contributed by atoms with van der Waals surface area (Å²) in [6, 6.07) is 9.36. The van der Waals surface area contributed by atoms with Crippen LogP contribution in [0.4, 0.5) is 5.69 Å². The second-order valence-corrected chi connectivity index (χ2v) is 4.58. The summed E-state index contributed by atoms with van der Waals surface area (Å²) in [5.41, 5.74) is 2.87. The molecule has 0 amide bonds. The number of nitrogens with zero attached hydrogens (tertiary/aromatic N) is 1. The van der Waals surface area contributed by atoms with Gasteiger partial charge in [0.2, 0.25) is 0 Å². The topological polar surface area (TPSA) is 23.5 Å². The molecule has 2 aliphatic rings. The van der Waals surface area contributed by atoms with Crippen molar-refractivity contribution in [2.75, 3.05) is 18.1 Å². The maximum Gasteiger partial charge on any atom is 0.0437 e. The molecule has 2 heterocycles. The van der Waals surface area contributed by atoms with Gasteiger partial charge in [-0.05, 0) is 30.9 Å². The third-order valence-electron chi connectivity index (χ3n) is 3.85. The summed E-state index contributed by atoms with van der Waals surface area (Å²) in [5, 5.41) is 9.15. The quantitative estimate of drug-likeness (QED) is 0.796. The minimum absolute atomic E-state index is 0.309. The van der Waals surface area contributed by atoms with E-state index >= 15 is 0 Å². The summed E-state index contributed by atoms with van der Waals surface area (Å²) in [6.07, 6.45) is 3.51. The molecule has 1 saturated heterocycles. The predicted molar refractivity (Wildman–Crippen MR) is 61.3 cm³/mol. The Morgan fingerprint density at radius 3 is 3.07 bits per heavy atom. The van der Waals surface area contributed by atoms with Crippen LogP contribution in [0.2, 0.25) is 0 Å². The number of hydrogen-bond donors (Lipinski definition) is 1. The van der Waals surface area contributed by atoms with E-state index in [4.69, 9.17) is 5.11 Å². The molecular formula is C13H17NO. The minimum Gasteiger partial charge on any atom is -0.396 e. The molecular weight excluding hydrogens is 186 g/mol. The summed E-state index contributed by atoms with van der Waals surface area (Å²) in [4.78, 5) is 2.54. The summed E-state index contributed by atoms with van der Waals surface area (Å²) in [7, 11) is 0. The SMILES string of the molecule is OCC[C@@H]1c2ccccc2N2CCC[C@H]12. The third kappa shape index (κ3) is 1.28. The molecule has 15 heavy (non-hydrogen) atoms. The van der Waals surface area contributed by atoms with Crippen LogP contribution in [-0.2, 0) is 0 Å². The van der Waals surface area contributed by atoms with Crippen molar-refractivity contribution in [3.63, 3.8) is 0 Å². The van der Waals surface area contributed by atoms with Gasteiger partial charge in [0.15, 0.2) is 0 Å². The van der Waals surface area contributed by atoms with E-state index in [0.29, 0.717) is 18.6 Å². The molecule has 80 valence electrons. The number of aliphatic hydroxyl groups is 1. The fourth-order valence-corrected chi connectivity index (χ4v) is 3.27. The van der Waals surface area contributed by atoms with E-state index in [1.54, 1.807) is 0 Å². The molecule has 0 spiro atoms. The Bertz CT molecular complexity index is 363. The van der Waals surface area contributed by atoms with Crippen LogP contribution >= 0.6 is 0 Å². The summed E-state index contributed by atoms with van der Waals surface area (Å²) in [5.74, 6) is 0.564. The molecule has 0 unspecified atom stereocenters. The highest BCUT2D eigenvalue weighted by Gasteiger charge is 2.39. The van der Waals surface area contributed by atoms with Gasteiger partial charge in [-0.1, -0.05) is 18.2 Å². The first-order valence-corrected chi connectivity index (χ1v) is 5.88. The van der Waals surface area contributed by atoms with Gasteiger partial charge in [0.05, 0.1) is 0 Å². The monoisotopic (exact) mass is 203 g/mol. The van der Waals surface area contributed by atoms with E-state index in [2.05, 4.69) is 29.2 Å². The molecule has 0 radical (unpaired) electrons. The molecule has 0 aliphatic carbocycles. The van der Waals surface area contributed by atoms with Gasteiger partial charge in [0, 0.05) is 30.8 Å². The largest absolute Gasteiger partial charge is 0.396 e. The molecule has 0 saturated carbocycles. The summed E-state index contributed by atoms with van der Waals surface area (Å²) < 4.78 is 0. The predicted octanol–water partition coefficient (Wildman–Crippen LogP) is 2.13. The van der Waals surface area contributed by atoms with E-state index in [1.807, 2.05) is 0 Å². The van der Waals surface area contributed by atoms with Crippen LogP contribution in [0.3, 0.4) is 0 Å². The van der Waals surface area contributed by atoms with Crippen LogP contribution in [0.1, 0.15) is 30.7 Å². The van der Waals surface area contributed by atoms with Gasteiger partial charge in [-0.2, -0.15) is 0 Å². The van der Waals surface area contributed by atoms with Crippen LogP contribution < -0.4 is 4.90 Å². The Morgan fingerprint density at radius 2 is 2.20 bits per heavy atom. The average molecular weight is 203 g/mol. The average Bonchev–Trinajstić information content (AvgIpc) is 2.82. The lowest BCUT2D eigenvalue weighted by molar-refractivity contribution is 0.270. The first-order valence-electron chi connectivity index (χ1n) is 5.88. The Hall–Kier alpha value is -1.02. The zero-order chi connectivity index (χ0) is 10.3. The van der Waals surface area contributed by atoms with E-state index in [1.165, 1.54) is 30.6 Å². The molecule has 2 nitrogen and oxygen atoms in total. The second-order valence-electron chi connectivity index (χ2n) is 4.58. The molecule has 2 aliphatic heterocycles. The van der Waals surface area contributed by atoms with E-state index in [0.717, 1.165) is 6.42 Å². The molecule has 0 bridgehead atoms. The van der Waals surface area contributed by atoms with Gasteiger partial charge in [-0.15, -0.1) is 0 Å². The first kappa shape index (κ1) is 9.22. The van der Waals surface area contributed by atoms with Crippen LogP contribution in [0.15, 0.2) is 24.3 Å². The number of hydrogen-bond acceptors (Lipinski definition) is 2. The molecule has 1 fully saturated rings. The van der Waals surface area contributed by atoms with Gasteiger partial charge in [-0.3, -0.25) is 0 Å². The molecule has 1 aromatic rings. The van der Waals surface area contributed by atoms with Gasteiger partial charge in [-0.25, -0.2) is 0 Å². The smallest absolute Gasteiger partial charge is 0.0437 e. The number of aliphatic hydroxyl groups excluding tert-OH is 1. The van der Waals surface area contributed by atoms with E-state index in [9.17, 15) is 0 Å². The van der Waals surface area contributed by atoms with Crippen molar-refractivity contribution >= 4 is 5.69 Å². The van der Waals surface area contributed by atoms with E-state index in [-0.39, 0.29) is 0 Å². The maximum absolute atomic E-state index is 9.15. The van der Waals surface area contributed by atoms with Crippen molar-refractivity contribution in [2.24, 2.45) is 0 Å². The molecule has 2 heteroatoms. The fourth-order valence-electron chi connectivity index (χ4n) is 3.27. The van der Waals surface area contributed by atoms with Crippen LogP contribution in [-0.4, -0.2) is 24.3 Å². The van der Waals surface area contributed by atoms with Crippen molar-refractivity contribution < 1.29 is 5.11 Å². The summed E-state index contributed by atoms with van der Waals surface area (Å²) >= 11 is 0. The summed E-state index contributed by atoms with van der Waals surface area (Å²) in [6.45, 7) is 1.51. The highest BCUT2D eigenvalue weighted by Crippen LogP contribution is 2.46. The van der Waals surface area contributed by atoms with Crippen molar-refractivity contribution in [1.29, 1.82) is 0 Å². The number of para-hydroxylation sites is 1. The van der Waals surface area contributed by atoms with Crippen molar-refractivity contribution in [3.8, 4) is 0 Å². The molecule has 2 atom stereocenters. The van der Waals surface area contributed by atoms with Crippen molar-refractivity contribution in [1.82, 2.24) is 0 Å². The molecule has 0 aromatic heterocycles. The lowest BCUT2D eigenvalue weighted by Crippen LogP contribution is -2.27. The molecule has 1 aromatic carbocycles. The Labute approximate surface area is 90.5 Å². The van der Waals surface area contributed by atoms with Crippen LogP contribution in [0.5, 0.6) is 0 Å². The van der Waals surface area contributed by atoms with Gasteiger partial charge in [0.25, 0.3) is 0 Å². The Kier molecular flexibility index (Phi) is 2.17. The first-order chi connectivity index (χ1) is 7.42. The number of rotatable bonds is 2. The highest BCUT2D eigenvalue weighted by molar-refractivity contribution is 5.62. The van der Waals surface area contributed by atoms with Gasteiger partial charge < -0.3 is 10.0 Å². The highest BCUT2D eigenvalue weighted by atomic mass is 16.3. The zero-order valence-electron chi connectivity index (χ0n) is 8.89. The Morgan fingerprint density at radius 1 is 1.33 bits per heavy atom. The van der Waals surface area contributed by atoms with Crippen molar-refractivity contribution in [3.05, 3.63) is 29.8 Å². The normalized spacial score (nSPS) is 27.9. The van der Waals surface area contributed by atoms with Crippen LogP contribution in [0.25, 0.3) is 0 Å². The number of anilines is 1. The van der Waals surface area contributed by atoms with Crippen molar-refractivity contribution in [2.45, 2.75) is 31.2 Å².